The number of fused-ring (bicyclic) bond motifs is 1. The Morgan fingerprint density at radius 3 is 2.65 bits per heavy atom. The molecule has 2 atom stereocenters. The number of likely N-dealkylation sites (tertiary alicyclic amines) is 1. The summed E-state index contributed by atoms with van der Waals surface area (Å²) in [6.45, 7) is 6.78. The van der Waals surface area contributed by atoms with Crippen molar-refractivity contribution in [1.82, 2.24) is 15.2 Å². The molecular formula is C28H44N4O5. The smallest absolute Gasteiger partial charge is 0.410 e. The highest BCUT2D eigenvalue weighted by molar-refractivity contribution is 5.89. The number of nitrogens with one attached hydrogen (secondary N) is 2. The van der Waals surface area contributed by atoms with E-state index in [1.165, 1.54) is 10.5 Å². The molecule has 0 radical (unpaired) electrons. The molecule has 3 N–H and O–H groups in total. The van der Waals surface area contributed by atoms with Crippen LogP contribution in [-0.4, -0.2) is 63.7 Å². The van der Waals surface area contributed by atoms with E-state index in [1.807, 2.05) is 0 Å². The lowest BCUT2D eigenvalue weighted by atomic mass is 10.0. The lowest BCUT2D eigenvalue weighted by Crippen LogP contribution is -2.55. The fourth-order valence-corrected chi connectivity index (χ4v) is 4.96. The Kier molecular flexibility index (Phi) is 10.6. The lowest BCUT2D eigenvalue weighted by molar-refractivity contribution is -0.143. The number of aromatic nitrogens is 1. The number of pyridine rings is 1. The number of ether oxygens (including phenoxy) is 1. The maximum atomic E-state index is 13.0. The van der Waals surface area contributed by atoms with Crippen molar-refractivity contribution in [3.05, 3.63) is 23.4 Å². The number of rotatable bonds is 11. The van der Waals surface area contributed by atoms with Gasteiger partial charge >= 0.3 is 12.1 Å². The molecule has 1 aromatic heterocycles. The summed E-state index contributed by atoms with van der Waals surface area (Å²) in [5, 5.41) is 15.7. The summed E-state index contributed by atoms with van der Waals surface area (Å²) in [7, 11) is 0. The van der Waals surface area contributed by atoms with Gasteiger partial charge < -0.3 is 20.5 Å². The summed E-state index contributed by atoms with van der Waals surface area (Å²) >= 11 is 0. The number of unbranched alkanes of at least 4 members (excludes halogenated alkanes) is 4. The minimum Gasteiger partial charge on any atom is -0.480 e. The molecule has 0 aliphatic carbocycles. The highest BCUT2D eigenvalue weighted by Crippen LogP contribution is 2.22. The number of hydrogen-bond acceptors (Lipinski definition) is 6. The van der Waals surface area contributed by atoms with E-state index in [9.17, 15) is 19.5 Å². The Hall–Kier alpha value is -2.84. The summed E-state index contributed by atoms with van der Waals surface area (Å²) in [6.07, 6.45) is 9.91. The fraction of sp³-hybridized carbons (Fsp3) is 0.714. The largest absolute Gasteiger partial charge is 0.480 e. The fourth-order valence-electron chi connectivity index (χ4n) is 4.96. The minimum atomic E-state index is -1.04. The molecule has 2 aliphatic rings. The third kappa shape index (κ3) is 9.20. The van der Waals surface area contributed by atoms with Crippen LogP contribution in [-0.2, 0) is 27.2 Å². The van der Waals surface area contributed by atoms with Crippen LogP contribution < -0.4 is 10.6 Å². The van der Waals surface area contributed by atoms with Gasteiger partial charge in [-0.25, -0.2) is 14.6 Å². The van der Waals surface area contributed by atoms with E-state index in [1.54, 1.807) is 20.8 Å². The Bertz CT molecular complexity index is 930. The molecule has 1 fully saturated rings. The molecule has 37 heavy (non-hydrogen) atoms. The van der Waals surface area contributed by atoms with Crippen molar-refractivity contribution in [2.45, 2.75) is 116 Å². The average molecular weight is 517 g/mol. The third-order valence-electron chi connectivity index (χ3n) is 6.93. The molecule has 9 nitrogen and oxygen atoms in total. The second kappa shape index (κ2) is 13.6. The van der Waals surface area contributed by atoms with Crippen LogP contribution in [0.3, 0.4) is 0 Å². The van der Waals surface area contributed by atoms with Crippen molar-refractivity contribution in [3.8, 4) is 0 Å². The molecule has 3 heterocycles. The summed E-state index contributed by atoms with van der Waals surface area (Å²) in [5.74, 6) is -0.418. The average Bonchev–Trinajstić information content (AvgIpc) is 2.86. The van der Waals surface area contributed by atoms with Gasteiger partial charge in [-0.2, -0.15) is 0 Å². The van der Waals surface area contributed by atoms with Gasteiger partial charge in [-0.15, -0.1) is 0 Å². The Labute approximate surface area is 220 Å². The van der Waals surface area contributed by atoms with Gasteiger partial charge in [0.05, 0.1) is 0 Å². The Morgan fingerprint density at radius 1 is 1.14 bits per heavy atom. The van der Waals surface area contributed by atoms with Gasteiger partial charge in [-0.05, 0) is 83.8 Å². The number of aliphatic carboxylic acids is 1. The maximum Gasteiger partial charge on any atom is 0.410 e. The van der Waals surface area contributed by atoms with Crippen molar-refractivity contribution >= 4 is 23.8 Å². The summed E-state index contributed by atoms with van der Waals surface area (Å²) in [6, 6.07) is 2.66. The first-order valence-electron chi connectivity index (χ1n) is 13.9. The predicted octanol–water partition coefficient (Wildman–Crippen LogP) is 4.68. The van der Waals surface area contributed by atoms with Crippen LogP contribution in [0.1, 0.15) is 96.2 Å². The van der Waals surface area contributed by atoms with Crippen LogP contribution in [0.25, 0.3) is 0 Å². The molecule has 0 bridgehead atoms. The monoisotopic (exact) mass is 516 g/mol. The van der Waals surface area contributed by atoms with Crippen LogP contribution in [0.4, 0.5) is 10.6 Å². The predicted molar refractivity (Wildman–Crippen MR) is 143 cm³/mol. The van der Waals surface area contributed by atoms with Gasteiger partial charge in [-0.3, -0.25) is 9.69 Å². The quantitative estimate of drug-likeness (QED) is 0.365. The molecule has 1 saturated heterocycles. The van der Waals surface area contributed by atoms with E-state index in [0.717, 1.165) is 82.3 Å². The molecule has 9 heteroatoms. The van der Waals surface area contributed by atoms with E-state index in [4.69, 9.17) is 9.72 Å². The number of carbonyl (C=O) groups is 3. The van der Waals surface area contributed by atoms with Crippen LogP contribution in [0.2, 0.25) is 0 Å². The molecular weight excluding hydrogens is 472 g/mol. The second-order valence-corrected chi connectivity index (χ2v) is 11.2. The van der Waals surface area contributed by atoms with Gasteiger partial charge in [-0.1, -0.05) is 31.7 Å². The zero-order valence-corrected chi connectivity index (χ0v) is 22.7. The number of carbonyl (C=O) groups excluding carboxylic acids is 2. The zero-order valence-electron chi connectivity index (χ0n) is 22.7. The number of carboxylic acids is 1. The number of hydrogen-bond donors (Lipinski definition) is 3. The Balaban J connectivity index is 1.38. The molecule has 0 spiro atoms. The highest BCUT2D eigenvalue weighted by Gasteiger charge is 2.36. The van der Waals surface area contributed by atoms with Crippen molar-refractivity contribution in [3.63, 3.8) is 0 Å². The number of amides is 2. The van der Waals surface area contributed by atoms with Gasteiger partial charge in [0, 0.05) is 18.8 Å². The molecule has 2 unspecified atom stereocenters. The molecule has 2 aliphatic heterocycles. The number of nitrogens with zero attached hydrogens (tertiary/aromatic N) is 2. The van der Waals surface area contributed by atoms with Crippen LogP contribution in [0, 0.1) is 0 Å². The molecule has 0 aromatic carbocycles. The summed E-state index contributed by atoms with van der Waals surface area (Å²) in [4.78, 5) is 43.6. The van der Waals surface area contributed by atoms with Gasteiger partial charge in [0.1, 0.15) is 23.5 Å². The normalized spacial score (nSPS) is 18.4. The summed E-state index contributed by atoms with van der Waals surface area (Å²) < 4.78 is 5.46. The van der Waals surface area contributed by atoms with Crippen molar-refractivity contribution < 1.29 is 24.2 Å². The van der Waals surface area contributed by atoms with Gasteiger partial charge in [0.25, 0.3) is 0 Å². The first-order valence-corrected chi connectivity index (χ1v) is 13.9. The van der Waals surface area contributed by atoms with Crippen LogP contribution >= 0.6 is 0 Å². The molecule has 206 valence electrons. The molecule has 1 aromatic rings. The van der Waals surface area contributed by atoms with E-state index < -0.39 is 35.7 Å². The minimum absolute atomic E-state index is 0.373. The lowest BCUT2D eigenvalue weighted by Gasteiger charge is -2.36. The Morgan fingerprint density at radius 2 is 1.89 bits per heavy atom. The first-order chi connectivity index (χ1) is 17.6. The summed E-state index contributed by atoms with van der Waals surface area (Å²) in [5.41, 5.74) is 1.76. The number of piperidine rings is 1. The zero-order chi connectivity index (χ0) is 26.8. The van der Waals surface area contributed by atoms with E-state index >= 15 is 0 Å². The van der Waals surface area contributed by atoms with E-state index in [-0.39, 0.29) is 0 Å². The maximum absolute atomic E-state index is 13.0. The van der Waals surface area contributed by atoms with Crippen LogP contribution in [0.5, 0.6) is 0 Å². The third-order valence-corrected chi connectivity index (χ3v) is 6.93. The van der Waals surface area contributed by atoms with E-state index in [2.05, 4.69) is 22.8 Å². The first kappa shape index (κ1) is 28.7. The number of carboxylic acid groups (broad SMARTS) is 1. The standard InChI is InChI=1S/C28H44N4O5/c1-28(2,3)37-27(36)32-19-10-9-15-23(32)25(33)31-22(26(34)35)14-8-6-4-5-7-13-21-17-16-20-12-11-18-29-24(20)30-21/h16-17,22-23H,4-15,18-19H2,1-3H3,(H,29,30)(H,31,33)(H,34,35). The van der Waals surface area contributed by atoms with E-state index in [0.29, 0.717) is 19.4 Å². The van der Waals surface area contributed by atoms with Crippen molar-refractivity contribution in [2.24, 2.45) is 0 Å². The topological polar surface area (TPSA) is 121 Å². The second-order valence-electron chi connectivity index (χ2n) is 11.2. The van der Waals surface area contributed by atoms with Gasteiger partial charge in [0.2, 0.25) is 5.91 Å². The van der Waals surface area contributed by atoms with Gasteiger partial charge in [0.15, 0.2) is 0 Å². The number of aryl methyl sites for hydroxylation is 2. The van der Waals surface area contributed by atoms with Crippen LogP contribution in [0.15, 0.2) is 12.1 Å². The number of anilines is 1. The van der Waals surface area contributed by atoms with Crippen molar-refractivity contribution in [1.29, 1.82) is 0 Å². The van der Waals surface area contributed by atoms with Crippen molar-refractivity contribution in [2.75, 3.05) is 18.4 Å². The molecule has 0 saturated carbocycles. The SMILES string of the molecule is CC(C)(C)OC(=O)N1CCCCC1C(=O)NC(CCCCCCCc1ccc2c(n1)NCCC2)C(=O)O. The molecule has 3 rings (SSSR count). The molecule has 2 amide bonds. The highest BCUT2D eigenvalue weighted by atomic mass is 16.6.